The van der Waals surface area contributed by atoms with Gasteiger partial charge in [0, 0.05) is 12.6 Å². The van der Waals surface area contributed by atoms with Crippen molar-refractivity contribution < 1.29 is 14.3 Å². The molecule has 0 spiro atoms. The lowest BCUT2D eigenvalue weighted by molar-refractivity contribution is -0.116. The molecule has 1 rings (SSSR count). The maximum Gasteiger partial charge on any atom is 0.243 e. The lowest BCUT2D eigenvalue weighted by Crippen LogP contribution is -2.21. The number of hydrogen-bond donors (Lipinski definition) is 1. The molecule has 0 bridgehead atoms. The Morgan fingerprint density at radius 1 is 1.04 bits per heavy atom. The van der Waals surface area contributed by atoms with Crippen molar-refractivity contribution in [3.63, 3.8) is 0 Å². The highest BCUT2D eigenvalue weighted by Crippen LogP contribution is 2.27. The van der Waals surface area contributed by atoms with Gasteiger partial charge in [-0.1, -0.05) is 45.1 Å². The highest BCUT2D eigenvalue weighted by molar-refractivity contribution is 5.91. The van der Waals surface area contributed by atoms with E-state index in [-0.39, 0.29) is 5.91 Å². The number of amides is 1. The van der Waals surface area contributed by atoms with E-state index >= 15 is 0 Å². The van der Waals surface area contributed by atoms with Crippen LogP contribution in [0.5, 0.6) is 11.5 Å². The van der Waals surface area contributed by atoms with Gasteiger partial charge in [0.1, 0.15) is 0 Å². The van der Waals surface area contributed by atoms with Crippen molar-refractivity contribution in [3.8, 4) is 11.5 Å². The highest BCUT2D eigenvalue weighted by atomic mass is 16.5. The van der Waals surface area contributed by atoms with Gasteiger partial charge in [0.05, 0.1) is 14.2 Å². The zero-order chi connectivity index (χ0) is 16.9. The predicted octanol–water partition coefficient (Wildman–Crippen LogP) is 4.19. The van der Waals surface area contributed by atoms with Crippen molar-refractivity contribution in [2.24, 2.45) is 0 Å². The van der Waals surface area contributed by atoms with Crippen molar-refractivity contribution in [2.75, 3.05) is 20.8 Å². The van der Waals surface area contributed by atoms with E-state index in [0.29, 0.717) is 11.5 Å². The van der Waals surface area contributed by atoms with Crippen LogP contribution in [0.15, 0.2) is 24.3 Å². The van der Waals surface area contributed by atoms with Crippen LogP contribution in [0, 0.1) is 0 Å². The van der Waals surface area contributed by atoms with Gasteiger partial charge < -0.3 is 14.8 Å². The summed E-state index contributed by atoms with van der Waals surface area (Å²) in [6.07, 6.45) is 10.7. The average Bonchev–Trinajstić information content (AvgIpc) is 2.58. The van der Waals surface area contributed by atoms with Crippen LogP contribution in [-0.2, 0) is 4.79 Å². The van der Waals surface area contributed by atoms with Gasteiger partial charge >= 0.3 is 0 Å². The van der Waals surface area contributed by atoms with Crippen molar-refractivity contribution in [3.05, 3.63) is 29.8 Å². The minimum Gasteiger partial charge on any atom is -0.493 e. The molecule has 23 heavy (non-hydrogen) atoms. The molecule has 0 radical (unpaired) electrons. The number of rotatable bonds is 11. The van der Waals surface area contributed by atoms with Crippen molar-refractivity contribution in [2.45, 2.75) is 45.4 Å². The van der Waals surface area contributed by atoms with E-state index < -0.39 is 0 Å². The van der Waals surface area contributed by atoms with E-state index in [0.717, 1.165) is 18.5 Å². The largest absolute Gasteiger partial charge is 0.493 e. The number of ether oxygens (including phenoxy) is 2. The summed E-state index contributed by atoms with van der Waals surface area (Å²) in [5.41, 5.74) is 0.900. The number of unbranched alkanes of at least 4 members (excludes halogenated alkanes) is 5. The maximum atomic E-state index is 11.8. The first kappa shape index (κ1) is 19.1. The number of hydrogen-bond acceptors (Lipinski definition) is 3. The standard InChI is InChI=1S/C19H29NO3/c1-4-5-6-7-8-9-14-20-19(21)13-11-16-10-12-17(22-2)18(15-16)23-3/h10-13,15H,4-9,14H2,1-3H3,(H,20,21)/b13-11+. The van der Waals surface area contributed by atoms with E-state index in [4.69, 9.17) is 9.47 Å². The molecular formula is C19H29NO3. The Bertz CT molecular complexity index is 497. The minimum absolute atomic E-state index is 0.0617. The number of carbonyl (C=O) groups excluding carboxylic acids is 1. The van der Waals surface area contributed by atoms with Crippen molar-refractivity contribution >= 4 is 12.0 Å². The number of methoxy groups -OCH3 is 2. The van der Waals surface area contributed by atoms with Crippen LogP contribution in [0.2, 0.25) is 0 Å². The molecule has 0 aliphatic rings. The quantitative estimate of drug-likeness (QED) is 0.491. The first-order chi connectivity index (χ1) is 11.2. The highest BCUT2D eigenvalue weighted by Gasteiger charge is 2.03. The maximum absolute atomic E-state index is 11.8. The summed E-state index contributed by atoms with van der Waals surface area (Å²) in [7, 11) is 3.20. The molecule has 4 heteroatoms. The molecule has 128 valence electrons. The second kappa shape index (κ2) is 11.6. The van der Waals surface area contributed by atoms with Crippen LogP contribution in [0.4, 0.5) is 0 Å². The molecule has 0 saturated carbocycles. The third-order valence-corrected chi connectivity index (χ3v) is 3.66. The van der Waals surface area contributed by atoms with Crippen LogP contribution >= 0.6 is 0 Å². The first-order valence-electron chi connectivity index (χ1n) is 8.39. The molecule has 1 aromatic rings. The van der Waals surface area contributed by atoms with Gasteiger partial charge in [-0.15, -0.1) is 0 Å². The molecule has 0 heterocycles. The van der Waals surface area contributed by atoms with Crippen molar-refractivity contribution in [1.82, 2.24) is 5.32 Å². The van der Waals surface area contributed by atoms with Crippen molar-refractivity contribution in [1.29, 1.82) is 0 Å². The summed E-state index contributed by atoms with van der Waals surface area (Å²) in [5.74, 6) is 1.27. The Balaban J connectivity index is 2.32. The lowest BCUT2D eigenvalue weighted by Gasteiger charge is -2.07. The van der Waals surface area contributed by atoms with Crippen LogP contribution in [-0.4, -0.2) is 26.7 Å². The van der Waals surface area contributed by atoms with Gasteiger partial charge in [-0.25, -0.2) is 0 Å². The molecule has 1 amide bonds. The van der Waals surface area contributed by atoms with Crippen LogP contribution < -0.4 is 14.8 Å². The summed E-state index contributed by atoms with van der Waals surface area (Å²) in [6, 6.07) is 5.56. The molecule has 0 saturated heterocycles. The Kier molecular flexibility index (Phi) is 9.60. The third-order valence-electron chi connectivity index (χ3n) is 3.66. The molecule has 1 aromatic carbocycles. The normalized spacial score (nSPS) is 10.7. The zero-order valence-corrected chi connectivity index (χ0v) is 14.6. The van der Waals surface area contributed by atoms with E-state index in [9.17, 15) is 4.79 Å². The smallest absolute Gasteiger partial charge is 0.243 e. The van der Waals surface area contributed by atoms with E-state index in [1.54, 1.807) is 26.4 Å². The van der Waals surface area contributed by atoms with E-state index in [2.05, 4.69) is 12.2 Å². The molecule has 1 N–H and O–H groups in total. The molecular weight excluding hydrogens is 290 g/mol. The number of nitrogens with one attached hydrogen (secondary N) is 1. The molecule has 0 atom stereocenters. The molecule has 4 nitrogen and oxygen atoms in total. The molecule has 0 aliphatic carbocycles. The topological polar surface area (TPSA) is 47.6 Å². The summed E-state index contributed by atoms with van der Waals surface area (Å²) in [4.78, 5) is 11.8. The minimum atomic E-state index is -0.0617. The Morgan fingerprint density at radius 2 is 1.74 bits per heavy atom. The second-order valence-electron chi connectivity index (χ2n) is 5.51. The van der Waals surface area contributed by atoms with E-state index in [1.165, 1.54) is 32.1 Å². The van der Waals surface area contributed by atoms with Gasteiger partial charge in [-0.05, 0) is 30.2 Å². The number of carbonyl (C=O) groups is 1. The Morgan fingerprint density at radius 3 is 2.43 bits per heavy atom. The first-order valence-corrected chi connectivity index (χ1v) is 8.39. The van der Waals surface area contributed by atoms with Gasteiger partial charge in [-0.2, -0.15) is 0 Å². The zero-order valence-electron chi connectivity index (χ0n) is 14.6. The third kappa shape index (κ3) is 7.73. The van der Waals surface area contributed by atoms with Gasteiger partial charge in [0.25, 0.3) is 0 Å². The van der Waals surface area contributed by atoms with Gasteiger partial charge in [-0.3, -0.25) is 4.79 Å². The summed E-state index contributed by atoms with van der Waals surface area (Å²) in [5, 5.41) is 2.91. The summed E-state index contributed by atoms with van der Waals surface area (Å²) in [6.45, 7) is 2.95. The van der Waals surface area contributed by atoms with Gasteiger partial charge in [0.15, 0.2) is 11.5 Å². The molecule has 0 unspecified atom stereocenters. The molecule has 0 aromatic heterocycles. The summed E-state index contributed by atoms with van der Waals surface area (Å²) < 4.78 is 10.4. The summed E-state index contributed by atoms with van der Waals surface area (Å²) >= 11 is 0. The molecule has 0 aliphatic heterocycles. The van der Waals surface area contributed by atoms with Crippen LogP contribution in [0.3, 0.4) is 0 Å². The van der Waals surface area contributed by atoms with Crippen LogP contribution in [0.25, 0.3) is 6.08 Å². The van der Waals surface area contributed by atoms with E-state index in [1.807, 2.05) is 18.2 Å². The second-order valence-corrected chi connectivity index (χ2v) is 5.51. The Hall–Kier alpha value is -1.97. The molecule has 0 fully saturated rings. The fourth-order valence-electron chi connectivity index (χ4n) is 2.30. The average molecular weight is 319 g/mol. The fraction of sp³-hybridized carbons (Fsp3) is 0.526. The fourth-order valence-corrected chi connectivity index (χ4v) is 2.30. The predicted molar refractivity (Wildman–Crippen MR) is 95.0 cm³/mol. The SMILES string of the molecule is CCCCCCCCNC(=O)/C=C/c1ccc(OC)c(OC)c1. The lowest BCUT2D eigenvalue weighted by atomic mass is 10.1. The Labute approximate surface area is 139 Å². The monoisotopic (exact) mass is 319 g/mol. The van der Waals surface area contributed by atoms with Crippen LogP contribution in [0.1, 0.15) is 51.0 Å². The van der Waals surface area contributed by atoms with Gasteiger partial charge in [0.2, 0.25) is 5.91 Å². The number of benzene rings is 1.